The maximum absolute atomic E-state index is 14.0. The number of aliphatic hydroxyl groups is 1. The minimum atomic E-state index is -0.970. The van der Waals surface area contributed by atoms with Crippen LogP contribution >= 0.6 is 22.6 Å². The van der Waals surface area contributed by atoms with E-state index in [2.05, 4.69) is 27.5 Å². The van der Waals surface area contributed by atoms with Gasteiger partial charge in [0.1, 0.15) is 11.6 Å². The predicted molar refractivity (Wildman–Crippen MR) is 164 cm³/mol. The van der Waals surface area contributed by atoms with Gasteiger partial charge in [-0.1, -0.05) is 12.1 Å². The summed E-state index contributed by atoms with van der Waals surface area (Å²) >= 11 is 2.19. The van der Waals surface area contributed by atoms with Crippen molar-refractivity contribution in [2.24, 2.45) is 11.3 Å². The minimum Gasteiger partial charge on any atom is -0.508 e. The number of benzene rings is 2. The van der Waals surface area contributed by atoms with Crippen molar-refractivity contribution in [3.63, 3.8) is 0 Å². The summed E-state index contributed by atoms with van der Waals surface area (Å²) in [6.45, 7) is 2.17. The predicted octanol–water partition coefficient (Wildman–Crippen LogP) is 3.09. The third-order valence-corrected chi connectivity index (χ3v) is 9.26. The van der Waals surface area contributed by atoms with Gasteiger partial charge in [0.2, 0.25) is 0 Å². The molecule has 12 heteroatoms. The molecule has 2 atom stereocenters. The molecule has 1 saturated heterocycles. The Morgan fingerprint density at radius 2 is 1.95 bits per heavy atom. The highest BCUT2D eigenvalue weighted by Crippen LogP contribution is 2.46. The summed E-state index contributed by atoms with van der Waals surface area (Å²) in [6, 6.07) is 9.00. The zero-order valence-electron chi connectivity index (χ0n) is 23.6. The molecular formula is C30H34IN5O6. The molecule has 1 aromatic heterocycles. The molecule has 3 N–H and O–H groups in total. The first-order valence-corrected chi connectivity index (χ1v) is 15.1. The number of phenols is 1. The number of β-amino-alcohol motifs (C(OH)–C–C–N with tert-alkyl or cyclic N) is 1. The average molecular weight is 688 g/mol. The molecule has 0 spiro atoms. The Labute approximate surface area is 257 Å². The molecule has 11 nitrogen and oxygen atoms in total. The molecule has 1 aliphatic carbocycles. The Morgan fingerprint density at radius 3 is 2.67 bits per heavy atom. The van der Waals surface area contributed by atoms with E-state index < -0.39 is 18.0 Å². The van der Waals surface area contributed by atoms with Gasteiger partial charge in [-0.15, -0.1) is 0 Å². The monoisotopic (exact) mass is 687 g/mol. The first kappa shape index (κ1) is 28.9. The van der Waals surface area contributed by atoms with Gasteiger partial charge in [0.15, 0.2) is 0 Å². The number of aromatic hydroxyl groups is 1. The Bertz CT molecular complexity index is 1560. The third kappa shape index (κ3) is 5.71. The van der Waals surface area contributed by atoms with Crippen molar-refractivity contribution in [3.8, 4) is 11.8 Å². The van der Waals surface area contributed by atoms with Crippen molar-refractivity contribution in [2.75, 3.05) is 45.2 Å². The van der Waals surface area contributed by atoms with Crippen molar-refractivity contribution in [1.29, 1.82) is 0 Å². The fraction of sp³-hybridized carbons (Fsp3) is 0.467. The van der Waals surface area contributed by atoms with Gasteiger partial charge in [-0.3, -0.25) is 9.59 Å². The molecule has 222 valence electrons. The van der Waals surface area contributed by atoms with E-state index in [1.165, 1.54) is 6.07 Å². The number of carbonyl (C=O) groups is 2. The van der Waals surface area contributed by atoms with Gasteiger partial charge >= 0.3 is 12.0 Å². The quantitative estimate of drug-likeness (QED) is 0.303. The molecular weight excluding hydrogens is 653 g/mol. The molecule has 3 aliphatic rings. The molecule has 2 unspecified atom stereocenters. The van der Waals surface area contributed by atoms with Crippen LogP contribution in [0.2, 0.25) is 0 Å². The second-order valence-corrected chi connectivity index (χ2v) is 13.3. The molecule has 0 bridgehead atoms. The number of aliphatic hydroxyl groups excluding tert-OH is 1. The Balaban J connectivity index is 1.34. The normalized spacial score (nSPS) is 21.1. The van der Waals surface area contributed by atoms with Crippen LogP contribution in [0, 0.1) is 14.9 Å². The van der Waals surface area contributed by atoms with Crippen LogP contribution in [0.4, 0.5) is 5.82 Å². The number of carboxylic acids is 1. The largest absolute Gasteiger partial charge is 0.508 e. The number of piperidine rings is 1. The van der Waals surface area contributed by atoms with Crippen LogP contribution in [0.3, 0.4) is 0 Å². The van der Waals surface area contributed by atoms with Crippen molar-refractivity contribution >= 4 is 51.1 Å². The lowest BCUT2D eigenvalue weighted by Gasteiger charge is -2.35. The smallest absolute Gasteiger partial charge is 0.318 e. The highest BCUT2D eigenvalue weighted by atomic mass is 127. The standard InChI is InChI=1S/C30H34IN5O6/c1-34(2)15-30(6-7-30)16-42-29-32-24-14-36(27(39)21-10-19(37)8-17-4-3-5-23(31)25(17)21)13-22(24)26(33-29)35-11-18(28(40)41)9-20(38)12-35/h3-5,8,10,18,20,37-38H,6-7,9,11-16H2,1-2H3,(H,40,41). The van der Waals surface area contributed by atoms with Crippen LogP contribution in [0.5, 0.6) is 11.8 Å². The van der Waals surface area contributed by atoms with Crippen LogP contribution in [0.1, 0.15) is 40.9 Å². The Kier molecular flexibility index (Phi) is 7.64. The highest BCUT2D eigenvalue weighted by molar-refractivity contribution is 14.1. The number of ether oxygens (including phenoxy) is 1. The van der Waals surface area contributed by atoms with Gasteiger partial charge in [-0.2, -0.15) is 9.97 Å². The van der Waals surface area contributed by atoms with E-state index in [-0.39, 0.29) is 55.7 Å². The van der Waals surface area contributed by atoms with Crippen LogP contribution in [0.25, 0.3) is 10.8 Å². The molecule has 1 saturated carbocycles. The van der Waals surface area contributed by atoms with Crippen LogP contribution in [-0.4, -0.2) is 93.4 Å². The van der Waals surface area contributed by atoms with E-state index in [4.69, 9.17) is 14.7 Å². The summed E-state index contributed by atoms with van der Waals surface area (Å²) in [4.78, 5) is 40.9. The number of carbonyl (C=O) groups excluding carboxylic acids is 1. The maximum atomic E-state index is 14.0. The molecule has 3 aromatic rings. The first-order chi connectivity index (χ1) is 20.0. The number of hydrogen-bond acceptors (Lipinski definition) is 9. The van der Waals surface area contributed by atoms with E-state index in [0.717, 1.165) is 33.7 Å². The van der Waals surface area contributed by atoms with E-state index in [1.54, 1.807) is 15.9 Å². The number of nitrogens with zero attached hydrogens (tertiary/aromatic N) is 5. The van der Waals surface area contributed by atoms with Crippen molar-refractivity contribution < 1.29 is 29.6 Å². The van der Waals surface area contributed by atoms with Crippen LogP contribution in [0.15, 0.2) is 30.3 Å². The van der Waals surface area contributed by atoms with Gasteiger partial charge in [0, 0.05) is 39.6 Å². The summed E-state index contributed by atoms with van der Waals surface area (Å²) in [6.07, 6.45) is 1.45. The lowest BCUT2D eigenvalue weighted by Crippen LogP contribution is -2.46. The van der Waals surface area contributed by atoms with E-state index in [1.807, 2.05) is 32.3 Å². The number of aromatic nitrogens is 2. The number of anilines is 1. The molecule has 2 aromatic carbocycles. The van der Waals surface area contributed by atoms with Crippen molar-refractivity contribution in [2.45, 2.75) is 38.5 Å². The van der Waals surface area contributed by atoms with E-state index in [0.29, 0.717) is 29.2 Å². The Morgan fingerprint density at radius 1 is 1.17 bits per heavy atom. The Hall–Kier alpha value is -3.23. The maximum Gasteiger partial charge on any atom is 0.318 e. The zero-order valence-corrected chi connectivity index (χ0v) is 25.7. The second kappa shape index (κ2) is 11.1. The molecule has 2 fully saturated rings. The fourth-order valence-electron chi connectivity index (χ4n) is 6.23. The minimum absolute atomic E-state index is 0.00877. The third-order valence-electron chi connectivity index (χ3n) is 8.36. The van der Waals surface area contributed by atoms with Gasteiger partial charge < -0.3 is 34.8 Å². The van der Waals surface area contributed by atoms with Gasteiger partial charge in [-0.05, 0) is 79.5 Å². The number of halogens is 1. The SMILES string of the molecule is CN(C)CC1(COc2nc3c(c(N4CC(O)CC(C(=O)O)C4)n2)CN(C(=O)c2cc(O)cc4cccc(I)c24)C3)CC1. The van der Waals surface area contributed by atoms with Gasteiger partial charge in [-0.25, -0.2) is 0 Å². The van der Waals surface area contributed by atoms with Crippen LogP contribution in [-0.2, 0) is 17.9 Å². The molecule has 6 rings (SSSR count). The number of hydrogen-bond donors (Lipinski definition) is 3. The molecule has 0 radical (unpaired) electrons. The summed E-state index contributed by atoms with van der Waals surface area (Å²) in [5.74, 6) is -1.48. The fourth-order valence-corrected chi connectivity index (χ4v) is 7.04. The highest BCUT2D eigenvalue weighted by Gasteiger charge is 2.44. The van der Waals surface area contributed by atoms with Crippen molar-refractivity contribution in [3.05, 3.63) is 50.7 Å². The number of aliphatic carboxylic acids is 1. The molecule has 42 heavy (non-hydrogen) atoms. The van der Waals surface area contributed by atoms with Gasteiger partial charge in [0.05, 0.1) is 43.0 Å². The zero-order chi connectivity index (χ0) is 29.8. The molecule has 3 heterocycles. The number of carboxylic acid groups (broad SMARTS) is 1. The lowest BCUT2D eigenvalue weighted by molar-refractivity contribution is -0.143. The second-order valence-electron chi connectivity index (χ2n) is 12.1. The first-order valence-electron chi connectivity index (χ1n) is 14.1. The summed E-state index contributed by atoms with van der Waals surface area (Å²) in [5, 5.41) is 32.2. The topological polar surface area (TPSA) is 140 Å². The van der Waals surface area contributed by atoms with Gasteiger partial charge in [0.25, 0.3) is 5.91 Å². The van der Waals surface area contributed by atoms with Crippen LogP contribution < -0.4 is 9.64 Å². The lowest BCUT2D eigenvalue weighted by atomic mass is 9.96. The summed E-state index contributed by atoms with van der Waals surface area (Å²) in [7, 11) is 4.07. The summed E-state index contributed by atoms with van der Waals surface area (Å²) in [5.41, 5.74) is 1.79. The van der Waals surface area contributed by atoms with Crippen molar-refractivity contribution in [1.82, 2.24) is 19.8 Å². The molecule has 1 amide bonds. The van der Waals surface area contributed by atoms with E-state index >= 15 is 0 Å². The average Bonchev–Trinajstić information content (AvgIpc) is 3.55. The summed E-state index contributed by atoms with van der Waals surface area (Å²) < 4.78 is 7.07. The number of rotatable bonds is 8. The number of amides is 1. The molecule has 2 aliphatic heterocycles. The number of phenolic OH excluding ortho intramolecular Hbond substituents is 1. The van der Waals surface area contributed by atoms with E-state index in [9.17, 15) is 24.9 Å². The number of fused-ring (bicyclic) bond motifs is 2.